The summed E-state index contributed by atoms with van der Waals surface area (Å²) in [5.74, 6) is 1.04. The molecule has 8 nitrogen and oxygen atoms in total. The number of hydrogen-bond donors (Lipinski definition) is 1. The minimum Gasteiger partial charge on any atom is -0.468 e. The third kappa shape index (κ3) is 4.51. The molecule has 4 rings (SSSR count). The van der Waals surface area contributed by atoms with Crippen LogP contribution in [0, 0.1) is 0 Å². The van der Waals surface area contributed by atoms with E-state index in [0.717, 1.165) is 43.0 Å². The monoisotopic (exact) mass is 369 g/mol. The molecule has 4 heterocycles. The summed E-state index contributed by atoms with van der Waals surface area (Å²) in [5.41, 5.74) is 2.14. The Morgan fingerprint density at radius 2 is 2.33 bits per heavy atom. The van der Waals surface area contributed by atoms with Crippen molar-refractivity contribution in [1.29, 1.82) is 0 Å². The molecule has 0 bridgehead atoms. The Kier molecular flexibility index (Phi) is 5.43. The summed E-state index contributed by atoms with van der Waals surface area (Å²) in [4.78, 5) is 27.6. The highest BCUT2D eigenvalue weighted by Crippen LogP contribution is 2.20. The average Bonchev–Trinajstić information content (AvgIpc) is 2.73. The number of fused-ring (bicyclic) bond motifs is 1. The van der Waals surface area contributed by atoms with E-state index in [9.17, 15) is 4.79 Å². The van der Waals surface area contributed by atoms with E-state index >= 15 is 0 Å². The summed E-state index contributed by atoms with van der Waals surface area (Å²) in [6.07, 6.45) is 6.24. The molecule has 1 amide bonds. The first-order chi connectivity index (χ1) is 13.3. The third-order valence-corrected chi connectivity index (χ3v) is 4.74. The number of piperidine rings is 1. The molecule has 0 saturated carbocycles. The SMILES string of the molecule is O=C(COc1ccccn1)NC1CCCN(c2ncc3c(n2)CCOC3)C1. The van der Waals surface area contributed by atoms with Crippen LogP contribution in [0.2, 0.25) is 0 Å². The quantitative estimate of drug-likeness (QED) is 0.844. The van der Waals surface area contributed by atoms with Gasteiger partial charge >= 0.3 is 0 Å². The topological polar surface area (TPSA) is 89.5 Å². The fourth-order valence-electron chi connectivity index (χ4n) is 3.39. The molecule has 2 aromatic heterocycles. The highest BCUT2D eigenvalue weighted by atomic mass is 16.5. The Morgan fingerprint density at radius 3 is 3.22 bits per heavy atom. The number of ether oxygens (including phenoxy) is 2. The maximum Gasteiger partial charge on any atom is 0.258 e. The lowest BCUT2D eigenvalue weighted by atomic mass is 10.1. The van der Waals surface area contributed by atoms with Crippen LogP contribution in [-0.2, 0) is 22.6 Å². The van der Waals surface area contributed by atoms with Gasteiger partial charge in [0.25, 0.3) is 5.91 Å². The van der Waals surface area contributed by atoms with E-state index in [4.69, 9.17) is 14.5 Å². The Labute approximate surface area is 157 Å². The Morgan fingerprint density at radius 1 is 1.37 bits per heavy atom. The normalized spacial score (nSPS) is 19.3. The van der Waals surface area contributed by atoms with Crippen molar-refractivity contribution in [3.8, 4) is 5.88 Å². The van der Waals surface area contributed by atoms with Gasteiger partial charge in [-0.25, -0.2) is 15.0 Å². The highest BCUT2D eigenvalue weighted by molar-refractivity contribution is 5.77. The van der Waals surface area contributed by atoms with Crippen LogP contribution >= 0.6 is 0 Å². The number of nitrogens with zero attached hydrogens (tertiary/aromatic N) is 4. The smallest absolute Gasteiger partial charge is 0.258 e. The van der Waals surface area contributed by atoms with Crippen LogP contribution in [0.1, 0.15) is 24.1 Å². The number of amides is 1. The van der Waals surface area contributed by atoms with Gasteiger partial charge in [0.1, 0.15) is 0 Å². The van der Waals surface area contributed by atoms with Gasteiger partial charge in [0.2, 0.25) is 11.8 Å². The van der Waals surface area contributed by atoms with E-state index in [1.54, 1.807) is 18.3 Å². The van der Waals surface area contributed by atoms with Gasteiger partial charge in [-0.1, -0.05) is 6.07 Å². The molecule has 27 heavy (non-hydrogen) atoms. The molecule has 2 aromatic rings. The van der Waals surface area contributed by atoms with E-state index < -0.39 is 0 Å². The van der Waals surface area contributed by atoms with E-state index in [0.29, 0.717) is 25.6 Å². The number of nitrogens with one attached hydrogen (secondary N) is 1. The molecule has 1 unspecified atom stereocenters. The average molecular weight is 369 g/mol. The van der Waals surface area contributed by atoms with Crippen LogP contribution in [0.25, 0.3) is 0 Å². The second kappa shape index (κ2) is 8.30. The van der Waals surface area contributed by atoms with Gasteiger partial charge in [-0.15, -0.1) is 0 Å². The van der Waals surface area contributed by atoms with Gasteiger partial charge < -0.3 is 19.7 Å². The summed E-state index contributed by atoms with van der Waals surface area (Å²) >= 11 is 0. The minimum atomic E-state index is -0.143. The third-order valence-electron chi connectivity index (χ3n) is 4.74. The zero-order valence-corrected chi connectivity index (χ0v) is 15.1. The lowest BCUT2D eigenvalue weighted by Crippen LogP contribution is -2.49. The van der Waals surface area contributed by atoms with Crippen molar-refractivity contribution in [1.82, 2.24) is 20.3 Å². The van der Waals surface area contributed by atoms with Crippen molar-refractivity contribution in [2.24, 2.45) is 0 Å². The van der Waals surface area contributed by atoms with Crippen LogP contribution in [0.3, 0.4) is 0 Å². The van der Waals surface area contributed by atoms with E-state index in [1.165, 1.54) is 0 Å². The van der Waals surface area contributed by atoms with Gasteiger partial charge in [0.05, 0.1) is 18.9 Å². The first-order valence-electron chi connectivity index (χ1n) is 9.28. The number of aromatic nitrogens is 3. The van der Waals surface area contributed by atoms with Crippen molar-refractivity contribution >= 4 is 11.9 Å². The molecule has 1 N–H and O–H groups in total. The second-order valence-corrected chi connectivity index (χ2v) is 6.75. The van der Waals surface area contributed by atoms with E-state index in [1.807, 2.05) is 12.3 Å². The molecule has 0 aliphatic carbocycles. The fourth-order valence-corrected chi connectivity index (χ4v) is 3.39. The van der Waals surface area contributed by atoms with Crippen molar-refractivity contribution < 1.29 is 14.3 Å². The molecule has 2 aliphatic rings. The first-order valence-corrected chi connectivity index (χ1v) is 9.28. The predicted molar refractivity (Wildman–Crippen MR) is 98.5 cm³/mol. The lowest BCUT2D eigenvalue weighted by molar-refractivity contribution is -0.123. The van der Waals surface area contributed by atoms with Gasteiger partial charge in [-0.2, -0.15) is 0 Å². The molecule has 1 saturated heterocycles. The minimum absolute atomic E-state index is 0.0388. The molecule has 1 atom stereocenters. The maximum absolute atomic E-state index is 12.2. The second-order valence-electron chi connectivity index (χ2n) is 6.75. The molecule has 0 spiro atoms. The largest absolute Gasteiger partial charge is 0.468 e. The van der Waals surface area contributed by atoms with Crippen molar-refractivity contribution in [2.75, 3.05) is 31.2 Å². The Bertz CT molecular complexity index is 786. The summed E-state index contributed by atoms with van der Waals surface area (Å²) in [6.45, 7) is 2.85. The van der Waals surface area contributed by atoms with Crippen LogP contribution in [-0.4, -0.2) is 53.2 Å². The standard InChI is InChI=1S/C19H23N5O3/c25-17(13-27-18-5-1-2-7-20-18)22-15-4-3-8-24(11-15)19-21-10-14-12-26-9-6-16(14)23-19/h1-2,5,7,10,15H,3-4,6,8-9,11-13H2,(H,22,25). The summed E-state index contributed by atoms with van der Waals surface area (Å²) < 4.78 is 10.8. The highest BCUT2D eigenvalue weighted by Gasteiger charge is 2.24. The van der Waals surface area contributed by atoms with Crippen LogP contribution in [0.4, 0.5) is 5.95 Å². The summed E-state index contributed by atoms with van der Waals surface area (Å²) in [7, 11) is 0. The van der Waals surface area contributed by atoms with Crippen LogP contribution in [0.15, 0.2) is 30.6 Å². The number of carbonyl (C=O) groups excluding carboxylic acids is 1. The molecule has 0 radical (unpaired) electrons. The molecular weight excluding hydrogens is 346 g/mol. The summed E-state index contributed by atoms with van der Waals surface area (Å²) in [5, 5.41) is 3.04. The molecule has 142 valence electrons. The predicted octanol–water partition coefficient (Wildman–Crippen LogP) is 1.11. The van der Waals surface area contributed by atoms with Crippen LogP contribution < -0.4 is 15.0 Å². The van der Waals surface area contributed by atoms with Gasteiger partial charge in [-0.05, 0) is 18.9 Å². The van der Waals surface area contributed by atoms with Crippen molar-refractivity contribution in [3.63, 3.8) is 0 Å². The van der Waals surface area contributed by atoms with Crippen LogP contribution in [0.5, 0.6) is 5.88 Å². The van der Waals surface area contributed by atoms with Gasteiger partial charge in [0.15, 0.2) is 6.61 Å². The van der Waals surface area contributed by atoms with Gasteiger partial charge in [-0.3, -0.25) is 4.79 Å². The Balaban J connectivity index is 1.32. The van der Waals surface area contributed by atoms with Crippen molar-refractivity contribution in [2.45, 2.75) is 31.9 Å². The molecule has 8 heteroatoms. The number of hydrogen-bond acceptors (Lipinski definition) is 7. The lowest BCUT2D eigenvalue weighted by Gasteiger charge is -2.33. The fraction of sp³-hybridized carbons (Fsp3) is 0.474. The van der Waals surface area contributed by atoms with E-state index in [-0.39, 0.29) is 18.6 Å². The summed E-state index contributed by atoms with van der Waals surface area (Å²) in [6, 6.07) is 5.42. The van der Waals surface area contributed by atoms with E-state index in [2.05, 4.69) is 20.2 Å². The molecular formula is C19H23N5O3. The number of carbonyl (C=O) groups is 1. The number of rotatable bonds is 5. The molecule has 0 aromatic carbocycles. The number of pyridine rings is 1. The Hall–Kier alpha value is -2.74. The zero-order valence-electron chi connectivity index (χ0n) is 15.1. The molecule has 2 aliphatic heterocycles. The first kappa shape index (κ1) is 17.7. The zero-order chi connectivity index (χ0) is 18.5. The maximum atomic E-state index is 12.2. The molecule has 1 fully saturated rings. The van der Waals surface area contributed by atoms with Gasteiger partial charge in [0, 0.05) is 49.6 Å². The van der Waals surface area contributed by atoms with Crippen molar-refractivity contribution in [3.05, 3.63) is 41.9 Å². The number of anilines is 1.